The van der Waals surface area contributed by atoms with Crippen LogP contribution in [0, 0.1) is 13.8 Å². The van der Waals surface area contributed by atoms with Crippen LogP contribution in [0.3, 0.4) is 0 Å². The normalized spacial score (nSPS) is 11.8. The van der Waals surface area contributed by atoms with Crippen LogP contribution in [0.2, 0.25) is 13.1 Å². The van der Waals surface area contributed by atoms with E-state index in [9.17, 15) is 0 Å². The fourth-order valence-corrected chi connectivity index (χ4v) is 11.5. The van der Waals surface area contributed by atoms with E-state index in [0.717, 1.165) is 12.8 Å². The Balaban J connectivity index is 0.00000384. The Morgan fingerprint density at radius 3 is 1.30 bits per heavy atom. The third-order valence-electron chi connectivity index (χ3n) is 9.57. The molecule has 0 unspecified atom stereocenters. The van der Waals surface area contributed by atoms with E-state index in [4.69, 9.17) is 0 Å². The van der Waals surface area contributed by atoms with Crippen LogP contribution >= 0.6 is 0 Å². The van der Waals surface area contributed by atoms with Gasteiger partial charge in [0.15, 0.2) is 0 Å². The van der Waals surface area contributed by atoms with Crippen LogP contribution in [0.25, 0.3) is 43.8 Å². The summed E-state index contributed by atoms with van der Waals surface area (Å²) in [5.74, 6) is 0. The van der Waals surface area contributed by atoms with Gasteiger partial charge in [0.05, 0.1) is 0 Å². The molecule has 0 N–H and O–H groups in total. The number of benzene rings is 4. The number of unbranched alkanes of at least 4 members (excludes halogenated alkanes) is 2. The van der Waals surface area contributed by atoms with Gasteiger partial charge in [0, 0.05) is 8.07 Å². The average molecular weight is 670 g/mol. The van der Waals surface area contributed by atoms with Crippen molar-refractivity contribution in [2.24, 2.45) is 0 Å². The van der Waals surface area contributed by atoms with Gasteiger partial charge in [0.2, 0.25) is 0 Å². The quantitative estimate of drug-likeness (QED) is 0.101. The largest absolute Gasteiger partial charge is 2.00 e. The molecule has 0 nitrogen and oxygen atoms in total. The molecule has 2 heteroatoms. The fourth-order valence-electron chi connectivity index (χ4n) is 7.41. The summed E-state index contributed by atoms with van der Waals surface area (Å²) in [6.07, 6.45) is 7.19. The molecule has 0 atom stereocenters. The molecular formula is C42H46SiZr. The number of hydrogen-bond acceptors (Lipinski definition) is 0. The second-order valence-corrected chi connectivity index (χ2v) is 17.4. The molecule has 0 aliphatic heterocycles. The maximum atomic E-state index is 2.65. The molecule has 0 spiro atoms. The molecule has 0 amide bonds. The summed E-state index contributed by atoms with van der Waals surface area (Å²) in [7, 11) is -2.22. The van der Waals surface area contributed by atoms with Crippen molar-refractivity contribution in [3.63, 3.8) is 0 Å². The van der Waals surface area contributed by atoms with Gasteiger partial charge >= 0.3 is 26.2 Å². The van der Waals surface area contributed by atoms with Crippen LogP contribution in [0.15, 0.2) is 97.1 Å². The summed E-state index contributed by atoms with van der Waals surface area (Å²) >= 11 is 0. The van der Waals surface area contributed by atoms with E-state index in [1.54, 1.807) is 21.5 Å². The minimum Gasteiger partial charge on any atom is -0.158 e. The van der Waals surface area contributed by atoms with E-state index in [2.05, 4.69) is 138 Å². The van der Waals surface area contributed by atoms with Crippen LogP contribution in [0.5, 0.6) is 0 Å². The maximum absolute atomic E-state index is 2.65. The first-order valence-electron chi connectivity index (χ1n) is 16.4. The number of rotatable bonds is 10. The zero-order chi connectivity index (χ0) is 30.1. The van der Waals surface area contributed by atoms with Crippen molar-refractivity contribution in [3.05, 3.63) is 119 Å². The number of hydrogen-bond donors (Lipinski definition) is 0. The van der Waals surface area contributed by atoms with Crippen LogP contribution in [-0.4, -0.2) is 8.07 Å². The van der Waals surface area contributed by atoms with Gasteiger partial charge in [-0.15, -0.1) is 69.1 Å². The Morgan fingerprint density at radius 2 is 0.932 bits per heavy atom. The van der Waals surface area contributed by atoms with Crippen LogP contribution < -0.4 is 10.4 Å². The van der Waals surface area contributed by atoms with Gasteiger partial charge in [-0.2, -0.15) is 10.4 Å². The average Bonchev–Trinajstić information content (AvgIpc) is 3.59. The molecule has 0 saturated heterocycles. The standard InChI is InChI=1S/C42H46Si.Zr/c1-7-9-13-35-27-33-15-11-17-37(31-23-19-29(3)20-24-31)39(33)41(35)43(5,6)42-36(14-10-8-2)28-34-16-12-18-38(40(34)42)32-25-21-30(4)22-26-32;/h11-12,15-28H,7-10,13-14H2,1-6H3;/q-2;+2. The minimum absolute atomic E-state index is 0. The van der Waals surface area contributed by atoms with Gasteiger partial charge in [0.1, 0.15) is 0 Å². The first-order valence-corrected chi connectivity index (χ1v) is 19.4. The summed E-state index contributed by atoms with van der Waals surface area (Å²) < 4.78 is 0. The van der Waals surface area contributed by atoms with Crippen LogP contribution in [-0.2, 0) is 39.0 Å². The van der Waals surface area contributed by atoms with Crippen molar-refractivity contribution in [2.75, 3.05) is 0 Å². The molecule has 0 aliphatic rings. The molecule has 0 saturated carbocycles. The van der Waals surface area contributed by atoms with Crippen LogP contribution in [0.1, 0.15) is 61.8 Å². The number of fused-ring (bicyclic) bond motifs is 2. The zero-order valence-electron chi connectivity index (χ0n) is 27.5. The third-order valence-corrected chi connectivity index (χ3v) is 13.2. The monoisotopic (exact) mass is 668 g/mol. The van der Waals surface area contributed by atoms with Crippen molar-refractivity contribution in [1.82, 2.24) is 0 Å². The molecular weight excluding hydrogens is 624 g/mol. The summed E-state index contributed by atoms with van der Waals surface area (Å²) in [5, 5.41) is 9.14. The summed E-state index contributed by atoms with van der Waals surface area (Å²) in [4.78, 5) is 0. The van der Waals surface area contributed by atoms with Crippen molar-refractivity contribution in [2.45, 2.75) is 79.3 Å². The van der Waals surface area contributed by atoms with Gasteiger partial charge in [-0.1, -0.05) is 136 Å². The SMILES string of the molecule is CCCCc1[cH-]c2cccc(-c3ccc(C)cc3)c2c1[Si](C)(C)c1c(CCCC)[cH-]c2cccc(-c3ccc(C)cc3)c12.[Zr+2]. The topological polar surface area (TPSA) is 0 Å². The third kappa shape index (κ3) is 6.05. The minimum atomic E-state index is -2.22. The molecule has 6 aromatic rings. The Bertz CT molecular complexity index is 1720. The molecule has 0 aromatic heterocycles. The summed E-state index contributed by atoms with van der Waals surface area (Å²) in [5.41, 5.74) is 11.2. The van der Waals surface area contributed by atoms with Gasteiger partial charge in [-0.3, -0.25) is 0 Å². The Morgan fingerprint density at radius 1 is 0.545 bits per heavy atom. The van der Waals surface area contributed by atoms with Crippen molar-refractivity contribution in [1.29, 1.82) is 0 Å². The molecule has 6 rings (SSSR count). The molecule has 6 aromatic carbocycles. The summed E-state index contributed by atoms with van der Waals surface area (Å²) in [6.45, 7) is 14.3. The maximum Gasteiger partial charge on any atom is 2.00 e. The Hall–Kier alpha value is -2.80. The molecule has 222 valence electrons. The number of aryl methyl sites for hydroxylation is 4. The first-order chi connectivity index (χ1) is 20.8. The van der Waals surface area contributed by atoms with Crippen molar-refractivity contribution >= 4 is 40.0 Å². The Kier molecular flexibility index (Phi) is 10.1. The predicted octanol–water partition coefficient (Wildman–Crippen LogP) is 10.9. The smallest absolute Gasteiger partial charge is 0.158 e. The van der Waals surface area contributed by atoms with E-state index in [0.29, 0.717) is 0 Å². The predicted molar refractivity (Wildman–Crippen MR) is 193 cm³/mol. The van der Waals surface area contributed by atoms with E-state index < -0.39 is 8.07 Å². The summed E-state index contributed by atoms with van der Waals surface area (Å²) in [6, 6.07) is 37.4. The molecule has 0 bridgehead atoms. The van der Waals surface area contributed by atoms with Gasteiger partial charge < -0.3 is 0 Å². The zero-order valence-corrected chi connectivity index (χ0v) is 30.9. The molecule has 0 aliphatic carbocycles. The van der Waals surface area contributed by atoms with Gasteiger partial charge in [0.25, 0.3) is 0 Å². The van der Waals surface area contributed by atoms with E-state index in [1.807, 2.05) is 0 Å². The first kappa shape index (κ1) is 32.6. The van der Waals surface area contributed by atoms with E-state index in [-0.39, 0.29) is 26.2 Å². The molecule has 44 heavy (non-hydrogen) atoms. The van der Waals surface area contributed by atoms with Gasteiger partial charge in [-0.25, -0.2) is 0 Å². The van der Waals surface area contributed by atoms with Crippen molar-refractivity contribution < 1.29 is 26.2 Å². The molecule has 0 radical (unpaired) electrons. The van der Waals surface area contributed by atoms with E-state index >= 15 is 0 Å². The second kappa shape index (κ2) is 13.7. The Labute approximate surface area is 285 Å². The fraction of sp³-hybridized carbons (Fsp3) is 0.286. The molecule has 0 heterocycles. The van der Waals surface area contributed by atoms with Crippen molar-refractivity contribution in [3.8, 4) is 22.3 Å². The second-order valence-electron chi connectivity index (χ2n) is 13.2. The van der Waals surface area contributed by atoms with Crippen LogP contribution in [0.4, 0.5) is 0 Å². The van der Waals surface area contributed by atoms with Gasteiger partial charge in [-0.05, 0) is 37.8 Å². The molecule has 0 fully saturated rings. The van der Waals surface area contributed by atoms with E-state index in [1.165, 1.54) is 80.6 Å².